The lowest BCUT2D eigenvalue weighted by molar-refractivity contribution is 1.24. The summed E-state index contributed by atoms with van der Waals surface area (Å²) < 4.78 is 0.972. The molecule has 3 aromatic rings. The van der Waals surface area contributed by atoms with Gasteiger partial charge in [0.15, 0.2) is 5.82 Å². The molecule has 17 heavy (non-hydrogen) atoms. The minimum Gasteiger partial charge on any atom is -0.227 e. The summed E-state index contributed by atoms with van der Waals surface area (Å²) in [5, 5.41) is 3.35. The first-order valence-electron chi connectivity index (χ1n) is 4.91. The molecule has 0 aliphatic rings. The van der Waals surface area contributed by atoms with E-state index in [1.807, 2.05) is 35.7 Å². The first-order valence-corrected chi connectivity index (χ1v) is 6.96. The molecule has 0 fully saturated rings. The number of hydrogen-bond donors (Lipinski definition) is 0. The van der Waals surface area contributed by atoms with E-state index >= 15 is 0 Å². The van der Waals surface area contributed by atoms with E-state index in [0.717, 1.165) is 20.3 Å². The average Bonchev–Trinajstić information content (AvgIpc) is 2.83. The van der Waals surface area contributed by atoms with E-state index in [1.165, 1.54) is 0 Å². The van der Waals surface area contributed by atoms with Gasteiger partial charge in [0.1, 0.15) is 5.15 Å². The summed E-state index contributed by atoms with van der Waals surface area (Å²) in [6.07, 6.45) is 0. The molecule has 0 spiro atoms. The highest BCUT2D eigenvalue weighted by atomic mass is 79.9. The van der Waals surface area contributed by atoms with Crippen molar-refractivity contribution in [2.45, 2.75) is 0 Å². The fourth-order valence-electron chi connectivity index (χ4n) is 1.58. The summed E-state index contributed by atoms with van der Waals surface area (Å²) in [5.41, 5.74) is 0.858. The number of fused-ring (bicyclic) bond motifs is 1. The van der Waals surface area contributed by atoms with E-state index in [2.05, 4.69) is 25.9 Å². The van der Waals surface area contributed by atoms with Gasteiger partial charge >= 0.3 is 0 Å². The van der Waals surface area contributed by atoms with E-state index in [-0.39, 0.29) is 0 Å². The normalized spacial score (nSPS) is 10.9. The van der Waals surface area contributed by atoms with E-state index in [0.29, 0.717) is 11.0 Å². The third-order valence-corrected chi connectivity index (χ3v) is 4.00. The van der Waals surface area contributed by atoms with Gasteiger partial charge in [-0.2, -0.15) is 0 Å². The van der Waals surface area contributed by atoms with E-state index in [1.54, 1.807) is 11.3 Å². The van der Waals surface area contributed by atoms with Gasteiger partial charge in [-0.3, -0.25) is 0 Å². The summed E-state index contributed by atoms with van der Waals surface area (Å²) in [5.74, 6) is 0.680. The first kappa shape index (κ1) is 11.1. The van der Waals surface area contributed by atoms with Gasteiger partial charge in [0.25, 0.3) is 0 Å². The van der Waals surface area contributed by atoms with Crippen molar-refractivity contribution in [1.29, 1.82) is 0 Å². The smallest absolute Gasteiger partial charge is 0.171 e. The van der Waals surface area contributed by atoms with E-state index in [9.17, 15) is 0 Å². The Kier molecular flexibility index (Phi) is 2.86. The molecule has 2 nitrogen and oxygen atoms in total. The molecule has 2 heterocycles. The van der Waals surface area contributed by atoms with Crippen LogP contribution in [0, 0.1) is 0 Å². The summed E-state index contributed by atoms with van der Waals surface area (Å²) in [6, 6.07) is 9.77. The van der Waals surface area contributed by atoms with E-state index < -0.39 is 0 Å². The number of thiophene rings is 1. The van der Waals surface area contributed by atoms with Crippen molar-refractivity contribution in [2.75, 3.05) is 0 Å². The van der Waals surface area contributed by atoms with Crippen LogP contribution in [-0.2, 0) is 0 Å². The number of nitrogens with zero attached hydrogens (tertiary/aromatic N) is 2. The summed E-state index contributed by atoms with van der Waals surface area (Å²) in [4.78, 5) is 9.87. The van der Waals surface area contributed by atoms with Gasteiger partial charge in [-0.1, -0.05) is 33.6 Å². The van der Waals surface area contributed by atoms with Crippen LogP contribution in [0.2, 0.25) is 5.15 Å². The third kappa shape index (κ3) is 2.08. The fraction of sp³-hybridized carbons (Fsp3) is 0. The largest absolute Gasteiger partial charge is 0.227 e. The molecule has 1 aromatic carbocycles. The lowest BCUT2D eigenvalue weighted by Crippen LogP contribution is -1.90. The van der Waals surface area contributed by atoms with Crippen molar-refractivity contribution in [3.05, 3.63) is 45.3 Å². The second-order valence-electron chi connectivity index (χ2n) is 3.48. The molecule has 0 amide bonds. The SMILES string of the molecule is Clc1nc(-c2cccs2)nc2ccc(Br)cc12. The Balaban J connectivity index is 2.28. The van der Waals surface area contributed by atoms with Crippen LogP contribution in [0.1, 0.15) is 0 Å². The minimum atomic E-state index is 0.486. The standard InChI is InChI=1S/C12H6BrClN2S/c13-7-3-4-9-8(6-7)11(14)16-12(15-9)10-2-1-5-17-10/h1-6H. The number of halogens is 2. The molecular weight excluding hydrogens is 320 g/mol. The lowest BCUT2D eigenvalue weighted by atomic mass is 10.2. The Bertz CT molecular complexity index is 682. The maximum atomic E-state index is 6.18. The number of hydrogen-bond acceptors (Lipinski definition) is 3. The zero-order chi connectivity index (χ0) is 11.8. The van der Waals surface area contributed by atoms with Gasteiger partial charge in [-0.05, 0) is 29.6 Å². The van der Waals surface area contributed by atoms with Crippen LogP contribution in [0.15, 0.2) is 40.2 Å². The average molecular weight is 326 g/mol. The molecule has 0 bridgehead atoms. The predicted octanol–water partition coefficient (Wildman–Crippen LogP) is 4.77. The number of aromatic nitrogens is 2. The Morgan fingerprint density at radius 1 is 1.18 bits per heavy atom. The molecule has 0 aliphatic heterocycles. The molecule has 0 aliphatic carbocycles. The Morgan fingerprint density at radius 2 is 2.06 bits per heavy atom. The second-order valence-corrected chi connectivity index (χ2v) is 5.70. The molecule has 0 saturated heterocycles. The van der Waals surface area contributed by atoms with Crippen LogP contribution >= 0.6 is 38.9 Å². The highest BCUT2D eigenvalue weighted by Gasteiger charge is 2.08. The van der Waals surface area contributed by atoms with Gasteiger partial charge in [-0.25, -0.2) is 9.97 Å². The zero-order valence-electron chi connectivity index (χ0n) is 8.52. The molecule has 5 heteroatoms. The molecule has 0 unspecified atom stereocenters. The van der Waals surface area contributed by atoms with Crippen LogP contribution in [-0.4, -0.2) is 9.97 Å². The third-order valence-electron chi connectivity index (χ3n) is 2.35. The van der Waals surface area contributed by atoms with Gasteiger partial charge in [0, 0.05) is 9.86 Å². The van der Waals surface area contributed by atoms with Gasteiger partial charge in [0.2, 0.25) is 0 Å². The van der Waals surface area contributed by atoms with E-state index in [4.69, 9.17) is 11.6 Å². The van der Waals surface area contributed by atoms with Crippen LogP contribution in [0.3, 0.4) is 0 Å². The van der Waals surface area contributed by atoms with Crippen LogP contribution in [0.5, 0.6) is 0 Å². The summed E-state index contributed by atoms with van der Waals surface area (Å²) in [7, 11) is 0. The molecule has 0 radical (unpaired) electrons. The maximum Gasteiger partial charge on any atom is 0.171 e. The summed E-state index contributed by atoms with van der Waals surface area (Å²) >= 11 is 11.2. The van der Waals surface area contributed by atoms with Crippen LogP contribution in [0.25, 0.3) is 21.6 Å². The maximum absolute atomic E-state index is 6.18. The monoisotopic (exact) mass is 324 g/mol. The molecule has 84 valence electrons. The van der Waals surface area contributed by atoms with Crippen LogP contribution < -0.4 is 0 Å². The second kappa shape index (κ2) is 4.37. The van der Waals surface area contributed by atoms with Crippen molar-refractivity contribution in [3.8, 4) is 10.7 Å². The van der Waals surface area contributed by atoms with Gasteiger partial charge in [-0.15, -0.1) is 11.3 Å². The van der Waals surface area contributed by atoms with Crippen molar-refractivity contribution in [3.63, 3.8) is 0 Å². The van der Waals surface area contributed by atoms with Crippen molar-refractivity contribution < 1.29 is 0 Å². The lowest BCUT2D eigenvalue weighted by Gasteiger charge is -2.03. The zero-order valence-corrected chi connectivity index (χ0v) is 11.7. The topological polar surface area (TPSA) is 25.8 Å². The highest BCUT2D eigenvalue weighted by molar-refractivity contribution is 9.10. The quantitative estimate of drug-likeness (QED) is 0.602. The minimum absolute atomic E-state index is 0.486. The molecule has 2 aromatic heterocycles. The van der Waals surface area contributed by atoms with Gasteiger partial charge in [0.05, 0.1) is 10.4 Å². The molecule has 3 rings (SSSR count). The van der Waals surface area contributed by atoms with Crippen molar-refractivity contribution in [1.82, 2.24) is 9.97 Å². The van der Waals surface area contributed by atoms with Crippen LogP contribution in [0.4, 0.5) is 0 Å². The van der Waals surface area contributed by atoms with Gasteiger partial charge < -0.3 is 0 Å². The number of rotatable bonds is 1. The molecular formula is C12H6BrClN2S. The first-order chi connectivity index (χ1) is 8.24. The fourth-order valence-corrected chi connectivity index (χ4v) is 2.83. The predicted molar refractivity (Wildman–Crippen MR) is 75.6 cm³/mol. The Labute approximate surface area is 115 Å². The molecule has 0 saturated carbocycles. The van der Waals surface area contributed by atoms with Crippen molar-refractivity contribution in [2.24, 2.45) is 0 Å². The highest BCUT2D eigenvalue weighted by Crippen LogP contribution is 2.28. The number of benzene rings is 1. The Morgan fingerprint density at radius 3 is 2.82 bits per heavy atom. The summed E-state index contributed by atoms with van der Waals surface area (Å²) in [6.45, 7) is 0. The molecule has 0 atom stereocenters. The Hall–Kier alpha value is -0.970. The van der Waals surface area contributed by atoms with Crippen molar-refractivity contribution >= 4 is 49.8 Å². The molecule has 0 N–H and O–H groups in total.